The van der Waals surface area contributed by atoms with Crippen molar-refractivity contribution in [3.05, 3.63) is 18.0 Å². The molecule has 20 heavy (non-hydrogen) atoms. The van der Waals surface area contributed by atoms with Gasteiger partial charge in [0, 0.05) is 24.8 Å². The maximum atomic E-state index is 5.93. The van der Waals surface area contributed by atoms with Crippen molar-refractivity contribution < 1.29 is 0 Å². The predicted molar refractivity (Wildman–Crippen MR) is 83.6 cm³/mol. The van der Waals surface area contributed by atoms with Crippen LogP contribution in [0.5, 0.6) is 0 Å². The van der Waals surface area contributed by atoms with Gasteiger partial charge < -0.3 is 5.73 Å². The van der Waals surface area contributed by atoms with Crippen molar-refractivity contribution in [1.29, 1.82) is 0 Å². The van der Waals surface area contributed by atoms with Crippen LogP contribution in [0.3, 0.4) is 0 Å². The highest BCUT2D eigenvalue weighted by Gasteiger charge is 2.25. The van der Waals surface area contributed by atoms with Gasteiger partial charge in [0.1, 0.15) is 0 Å². The number of aromatic nitrogens is 2. The third kappa shape index (κ3) is 3.61. The Hall–Kier alpha value is -0.870. The van der Waals surface area contributed by atoms with Crippen molar-refractivity contribution in [2.24, 2.45) is 5.73 Å². The predicted octanol–water partition coefficient (Wildman–Crippen LogP) is 2.95. The third-order valence-electron chi connectivity index (χ3n) is 4.56. The summed E-state index contributed by atoms with van der Waals surface area (Å²) in [5, 5.41) is 4.80. The molecule has 1 aliphatic carbocycles. The van der Waals surface area contributed by atoms with Crippen LogP contribution >= 0.6 is 0 Å². The van der Waals surface area contributed by atoms with Crippen molar-refractivity contribution in [3.8, 4) is 0 Å². The van der Waals surface area contributed by atoms with E-state index in [9.17, 15) is 0 Å². The summed E-state index contributed by atoms with van der Waals surface area (Å²) in [4.78, 5) is 2.45. The second-order valence-electron chi connectivity index (χ2n) is 6.66. The Bertz CT molecular complexity index is 404. The summed E-state index contributed by atoms with van der Waals surface area (Å²) in [5.41, 5.74) is 7.14. The molecule has 0 bridgehead atoms. The third-order valence-corrected chi connectivity index (χ3v) is 4.56. The molecule has 4 heteroatoms. The van der Waals surface area contributed by atoms with E-state index in [2.05, 4.69) is 42.6 Å². The lowest BCUT2D eigenvalue weighted by Gasteiger charge is -2.37. The maximum Gasteiger partial charge on any atom is 0.0765 e. The molecule has 0 amide bonds. The molecule has 4 nitrogen and oxygen atoms in total. The van der Waals surface area contributed by atoms with Gasteiger partial charge in [-0.15, -0.1) is 0 Å². The van der Waals surface area contributed by atoms with E-state index in [1.54, 1.807) is 0 Å². The molecule has 1 aromatic heterocycles. The largest absolute Gasteiger partial charge is 0.329 e. The van der Waals surface area contributed by atoms with Gasteiger partial charge in [0.25, 0.3) is 0 Å². The second-order valence-corrected chi connectivity index (χ2v) is 6.66. The quantitative estimate of drug-likeness (QED) is 0.834. The molecule has 0 atom stereocenters. The maximum absolute atomic E-state index is 5.93. The van der Waals surface area contributed by atoms with Crippen LogP contribution in [-0.2, 0) is 6.54 Å². The van der Waals surface area contributed by atoms with Gasteiger partial charge in [-0.05, 0) is 45.7 Å². The summed E-state index contributed by atoms with van der Waals surface area (Å²) >= 11 is 0. The van der Waals surface area contributed by atoms with Gasteiger partial charge in [0.15, 0.2) is 0 Å². The van der Waals surface area contributed by atoms with Crippen LogP contribution in [0.2, 0.25) is 0 Å². The lowest BCUT2D eigenvalue weighted by Crippen LogP contribution is -2.49. The zero-order valence-corrected chi connectivity index (χ0v) is 13.3. The fourth-order valence-electron chi connectivity index (χ4n) is 3.02. The fraction of sp³-hybridized carbons (Fsp3) is 0.812. The number of nitrogens with zero attached hydrogens (tertiary/aromatic N) is 3. The molecule has 1 saturated carbocycles. The van der Waals surface area contributed by atoms with E-state index in [1.807, 2.05) is 0 Å². The molecule has 1 aliphatic rings. The molecule has 114 valence electrons. The smallest absolute Gasteiger partial charge is 0.0765 e. The van der Waals surface area contributed by atoms with Crippen molar-refractivity contribution >= 4 is 0 Å². The van der Waals surface area contributed by atoms with E-state index in [0.29, 0.717) is 12.6 Å². The summed E-state index contributed by atoms with van der Waals surface area (Å²) < 4.78 is 2.18. The van der Waals surface area contributed by atoms with Gasteiger partial charge in [-0.3, -0.25) is 9.58 Å². The molecular formula is C16H30N4. The fourth-order valence-corrected chi connectivity index (χ4v) is 3.02. The molecular weight excluding hydrogens is 248 g/mol. The monoisotopic (exact) mass is 278 g/mol. The van der Waals surface area contributed by atoms with Gasteiger partial charge >= 0.3 is 0 Å². The molecule has 1 fully saturated rings. The molecule has 0 aliphatic heterocycles. The van der Waals surface area contributed by atoms with Gasteiger partial charge in [-0.2, -0.15) is 5.10 Å². The highest BCUT2D eigenvalue weighted by Crippen LogP contribution is 2.29. The summed E-state index contributed by atoms with van der Waals surface area (Å²) in [5.74, 6) is 0. The van der Waals surface area contributed by atoms with E-state index in [-0.39, 0.29) is 5.54 Å². The zero-order chi connectivity index (χ0) is 14.6. The molecule has 0 radical (unpaired) electrons. The van der Waals surface area contributed by atoms with Crippen LogP contribution in [0.4, 0.5) is 0 Å². The summed E-state index contributed by atoms with van der Waals surface area (Å²) in [6, 6.07) is 2.80. The highest BCUT2D eigenvalue weighted by atomic mass is 15.3. The summed E-state index contributed by atoms with van der Waals surface area (Å²) in [6.07, 6.45) is 8.57. The lowest BCUT2D eigenvalue weighted by molar-refractivity contribution is 0.116. The highest BCUT2D eigenvalue weighted by molar-refractivity contribution is 5.02. The minimum absolute atomic E-state index is 0.0349. The standard InChI is InChI=1S/C16H30N4/c1-4-10-19(16(2,3)13-17)12-14-9-11-20(18-14)15-7-5-6-8-15/h9,11,15H,4-8,10,12-13,17H2,1-3H3. The Balaban J connectivity index is 2.03. The Kier molecular flexibility index (Phi) is 5.22. The van der Waals surface area contributed by atoms with Gasteiger partial charge in [0.05, 0.1) is 11.7 Å². The van der Waals surface area contributed by atoms with E-state index in [4.69, 9.17) is 10.8 Å². The van der Waals surface area contributed by atoms with Gasteiger partial charge in [0.2, 0.25) is 0 Å². The first-order valence-electron chi connectivity index (χ1n) is 8.06. The zero-order valence-electron chi connectivity index (χ0n) is 13.3. The van der Waals surface area contributed by atoms with Crippen LogP contribution in [0.15, 0.2) is 12.3 Å². The number of rotatable bonds is 7. The molecule has 1 heterocycles. The van der Waals surface area contributed by atoms with E-state index >= 15 is 0 Å². The summed E-state index contributed by atoms with van der Waals surface area (Å²) in [6.45, 7) is 9.30. The molecule has 1 aromatic rings. The van der Waals surface area contributed by atoms with Crippen LogP contribution in [0.25, 0.3) is 0 Å². The van der Waals surface area contributed by atoms with E-state index < -0.39 is 0 Å². The number of nitrogens with two attached hydrogens (primary N) is 1. The lowest BCUT2D eigenvalue weighted by atomic mass is 10.0. The molecule has 2 rings (SSSR count). The Morgan fingerprint density at radius 1 is 1.40 bits per heavy atom. The minimum Gasteiger partial charge on any atom is -0.329 e. The van der Waals surface area contributed by atoms with Crippen LogP contribution in [0.1, 0.15) is 64.6 Å². The molecule has 0 saturated heterocycles. The average molecular weight is 278 g/mol. The Morgan fingerprint density at radius 2 is 2.10 bits per heavy atom. The molecule has 2 N–H and O–H groups in total. The van der Waals surface area contributed by atoms with Crippen LogP contribution in [0, 0.1) is 0 Å². The van der Waals surface area contributed by atoms with Gasteiger partial charge in [-0.1, -0.05) is 19.8 Å². The molecule has 0 aromatic carbocycles. The van der Waals surface area contributed by atoms with Crippen molar-refractivity contribution in [2.45, 2.75) is 71.0 Å². The molecule has 0 unspecified atom stereocenters. The first-order valence-corrected chi connectivity index (χ1v) is 8.06. The molecule has 0 spiro atoms. The average Bonchev–Trinajstić information content (AvgIpc) is 3.08. The topological polar surface area (TPSA) is 47.1 Å². The van der Waals surface area contributed by atoms with Crippen LogP contribution < -0.4 is 5.73 Å². The Labute approximate surface area is 123 Å². The van der Waals surface area contributed by atoms with Crippen molar-refractivity contribution in [2.75, 3.05) is 13.1 Å². The van der Waals surface area contributed by atoms with Crippen molar-refractivity contribution in [3.63, 3.8) is 0 Å². The first kappa shape index (κ1) is 15.5. The summed E-state index contributed by atoms with van der Waals surface area (Å²) in [7, 11) is 0. The first-order chi connectivity index (χ1) is 9.56. The number of hydrogen-bond acceptors (Lipinski definition) is 3. The minimum atomic E-state index is 0.0349. The van der Waals surface area contributed by atoms with E-state index in [1.165, 1.54) is 31.4 Å². The second kappa shape index (κ2) is 6.72. The number of hydrogen-bond donors (Lipinski definition) is 1. The normalized spacial score (nSPS) is 17.2. The van der Waals surface area contributed by atoms with Crippen molar-refractivity contribution in [1.82, 2.24) is 14.7 Å². The Morgan fingerprint density at radius 3 is 2.70 bits per heavy atom. The van der Waals surface area contributed by atoms with E-state index in [0.717, 1.165) is 19.5 Å². The SMILES string of the molecule is CCCN(Cc1ccn(C2CCCC2)n1)C(C)(C)CN. The van der Waals surface area contributed by atoms with Crippen LogP contribution in [-0.4, -0.2) is 33.3 Å². The van der Waals surface area contributed by atoms with Gasteiger partial charge in [-0.25, -0.2) is 0 Å².